The minimum absolute atomic E-state index is 0.261. The Hall–Kier alpha value is -2.10. The van der Waals surface area contributed by atoms with Crippen LogP contribution in [0.1, 0.15) is 30.9 Å². The highest BCUT2D eigenvalue weighted by Crippen LogP contribution is 2.02. The molecule has 100 valence electrons. The smallest absolute Gasteiger partial charge is 0.296 e. The molecule has 4 heteroatoms. The van der Waals surface area contributed by atoms with E-state index in [-0.39, 0.29) is 11.2 Å². The van der Waals surface area contributed by atoms with Crippen molar-refractivity contribution in [3.8, 4) is 0 Å². The molecule has 0 saturated carbocycles. The summed E-state index contributed by atoms with van der Waals surface area (Å²) in [6.45, 7) is 2.56. The van der Waals surface area contributed by atoms with Crippen LogP contribution in [0, 0.1) is 0 Å². The van der Waals surface area contributed by atoms with Crippen molar-refractivity contribution in [1.82, 2.24) is 9.55 Å². The highest BCUT2D eigenvalue weighted by molar-refractivity contribution is 5.15. The summed E-state index contributed by atoms with van der Waals surface area (Å²) in [4.78, 5) is 25.8. The zero-order valence-electron chi connectivity index (χ0n) is 11.1. The fourth-order valence-electron chi connectivity index (χ4n) is 2.00. The lowest BCUT2D eigenvalue weighted by atomic mass is 10.1. The van der Waals surface area contributed by atoms with E-state index in [9.17, 15) is 9.59 Å². The van der Waals surface area contributed by atoms with Crippen LogP contribution in [-0.2, 0) is 13.0 Å². The van der Waals surface area contributed by atoms with Crippen molar-refractivity contribution in [2.45, 2.75) is 32.7 Å². The van der Waals surface area contributed by atoms with Gasteiger partial charge in [0.25, 0.3) is 5.56 Å². The lowest BCUT2D eigenvalue weighted by Gasteiger charge is -2.07. The van der Waals surface area contributed by atoms with Crippen molar-refractivity contribution in [2.24, 2.45) is 0 Å². The first-order valence-corrected chi connectivity index (χ1v) is 6.57. The van der Waals surface area contributed by atoms with Crippen LogP contribution < -0.4 is 11.2 Å². The topological polar surface area (TPSA) is 54.9 Å². The molecule has 1 heterocycles. The molecule has 1 aromatic heterocycles. The molecule has 0 atom stereocenters. The summed E-state index contributed by atoms with van der Waals surface area (Å²) in [6, 6.07) is 9.73. The molecule has 0 saturated heterocycles. The second-order valence-electron chi connectivity index (χ2n) is 4.63. The third-order valence-corrected chi connectivity index (χ3v) is 3.08. The maximum Gasteiger partial charge on any atom is 0.328 e. The molecule has 0 unspecified atom stereocenters. The van der Waals surface area contributed by atoms with E-state index in [2.05, 4.69) is 11.9 Å². The van der Waals surface area contributed by atoms with Crippen LogP contribution in [0.15, 0.2) is 46.1 Å². The standard InChI is InChI=1S/C15H18N2O2/c1-2-3-9-13-11-17(15(19)16-14(13)18)10-12-7-5-4-6-8-12/h4-8,11H,2-3,9-10H2,1H3,(H,16,18,19). The Bertz CT molecular complexity index is 641. The van der Waals surface area contributed by atoms with E-state index in [0.717, 1.165) is 18.4 Å². The fourth-order valence-corrected chi connectivity index (χ4v) is 2.00. The lowest BCUT2D eigenvalue weighted by Crippen LogP contribution is -2.32. The summed E-state index contributed by atoms with van der Waals surface area (Å²) in [5.74, 6) is 0. The summed E-state index contributed by atoms with van der Waals surface area (Å²) in [6.07, 6.45) is 4.37. The third kappa shape index (κ3) is 3.44. The number of nitrogens with one attached hydrogen (secondary N) is 1. The van der Waals surface area contributed by atoms with Gasteiger partial charge < -0.3 is 0 Å². The normalized spacial score (nSPS) is 10.6. The summed E-state index contributed by atoms with van der Waals surface area (Å²) in [5.41, 5.74) is 1.10. The minimum Gasteiger partial charge on any atom is -0.296 e. The van der Waals surface area contributed by atoms with Gasteiger partial charge in [0.1, 0.15) is 0 Å². The van der Waals surface area contributed by atoms with Crippen LogP contribution in [0.3, 0.4) is 0 Å². The van der Waals surface area contributed by atoms with Gasteiger partial charge in [0.2, 0.25) is 0 Å². The van der Waals surface area contributed by atoms with Gasteiger partial charge >= 0.3 is 5.69 Å². The minimum atomic E-state index is -0.353. The Morgan fingerprint density at radius 2 is 1.89 bits per heavy atom. The van der Waals surface area contributed by atoms with Gasteiger partial charge in [-0.1, -0.05) is 43.7 Å². The highest BCUT2D eigenvalue weighted by atomic mass is 16.2. The molecule has 19 heavy (non-hydrogen) atoms. The number of rotatable bonds is 5. The van der Waals surface area contributed by atoms with E-state index in [1.807, 2.05) is 30.3 Å². The first kappa shape index (κ1) is 13.3. The maximum atomic E-state index is 11.8. The Morgan fingerprint density at radius 1 is 1.16 bits per heavy atom. The molecule has 2 rings (SSSR count). The van der Waals surface area contributed by atoms with Crippen molar-refractivity contribution >= 4 is 0 Å². The Kier molecular flexibility index (Phi) is 4.34. The van der Waals surface area contributed by atoms with Gasteiger partial charge in [0.05, 0.1) is 6.54 Å². The SMILES string of the molecule is CCCCc1cn(Cc2ccccc2)c(=O)[nH]c1=O. The molecule has 1 aromatic carbocycles. The molecule has 0 amide bonds. The highest BCUT2D eigenvalue weighted by Gasteiger charge is 2.04. The van der Waals surface area contributed by atoms with Crippen LogP contribution in [0.4, 0.5) is 0 Å². The number of nitrogens with zero attached hydrogens (tertiary/aromatic N) is 1. The van der Waals surface area contributed by atoms with Crippen LogP contribution in [-0.4, -0.2) is 9.55 Å². The number of aromatic nitrogens is 2. The maximum absolute atomic E-state index is 11.8. The van der Waals surface area contributed by atoms with Crippen LogP contribution in [0.5, 0.6) is 0 Å². The number of unbranched alkanes of at least 4 members (excludes halogenated alkanes) is 1. The van der Waals surface area contributed by atoms with Crippen molar-refractivity contribution in [1.29, 1.82) is 0 Å². The Balaban J connectivity index is 2.30. The number of aromatic amines is 1. The second-order valence-corrected chi connectivity index (χ2v) is 4.63. The summed E-state index contributed by atoms with van der Waals surface area (Å²) in [5, 5.41) is 0. The number of H-pyrrole nitrogens is 1. The fraction of sp³-hybridized carbons (Fsp3) is 0.333. The molecular formula is C15H18N2O2. The first-order chi connectivity index (χ1) is 9.20. The van der Waals surface area contributed by atoms with E-state index in [1.54, 1.807) is 10.8 Å². The number of aryl methyl sites for hydroxylation is 1. The predicted molar refractivity (Wildman–Crippen MR) is 75.5 cm³/mol. The molecule has 1 N–H and O–H groups in total. The van der Waals surface area contributed by atoms with Crippen molar-refractivity contribution in [3.05, 3.63) is 68.5 Å². The van der Waals surface area contributed by atoms with Crippen LogP contribution in [0.25, 0.3) is 0 Å². The number of hydrogen-bond donors (Lipinski definition) is 1. The number of benzene rings is 1. The van der Waals surface area contributed by atoms with Gasteiger partial charge in [-0.25, -0.2) is 4.79 Å². The molecule has 0 aliphatic rings. The molecule has 2 aromatic rings. The molecule has 4 nitrogen and oxygen atoms in total. The van der Waals surface area contributed by atoms with Crippen molar-refractivity contribution in [3.63, 3.8) is 0 Å². The average Bonchev–Trinajstić information content (AvgIpc) is 2.42. The van der Waals surface area contributed by atoms with Gasteiger partial charge in [-0.2, -0.15) is 0 Å². The van der Waals surface area contributed by atoms with Gasteiger partial charge in [-0.3, -0.25) is 14.3 Å². The zero-order chi connectivity index (χ0) is 13.7. The zero-order valence-corrected chi connectivity index (χ0v) is 11.1. The third-order valence-electron chi connectivity index (χ3n) is 3.08. The van der Waals surface area contributed by atoms with Gasteiger partial charge in [-0.05, 0) is 18.4 Å². The van der Waals surface area contributed by atoms with Crippen molar-refractivity contribution in [2.75, 3.05) is 0 Å². The first-order valence-electron chi connectivity index (χ1n) is 6.57. The molecular weight excluding hydrogens is 240 g/mol. The van der Waals surface area contributed by atoms with Crippen LogP contribution in [0.2, 0.25) is 0 Å². The van der Waals surface area contributed by atoms with Crippen molar-refractivity contribution < 1.29 is 0 Å². The summed E-state index contributed by atoms with van der Waals surface area (Å²) in [7, 11) is 0. The van der Waals surface area contributed by atoms with Gasteiger partial charge in [0.15, 0.2) is 0 Å². The number of hydrogen-bond acceptors (Lipinski definition) is 2. The van der Waals surface area contributed by atoms with Gasteiger partial charge in [0, 0.05) is 11.8 Å². The summed E-state index contributed by atoms with van der Waals surface area (Å²) < 4.78 is 1.56. The molecule has 0 fully saturated rings. The van der Waals surface area contributed by atoms with E-state index in [4.69, 9.17) is 0 Å². The molecule has 0 aliphatic heterocycles. The Morgan fingerprint density at radius 3 is 2.58 bits per heavy atom. The average molecular weight is 258 g/mol. The van der Waals surface area contributed by atoms with E-state index < -0.39 is 0 Å². The Labute approximate surface area is 111 Å². The molecule has 0 aliphatic carbocycles. The van der Waals surface area contributed by atoms with E-state index in [0.29, 0.717) is 18.5 Å². The molecule has 0 bridgehead atoms. The van der Waals surface area contributed by atoms with Crippen LogP contribution >= 0.6 is 0 Å². The monoisotopic (exact) mass is 258 g/mol. The summed E-state index contributed by atoms with van der Waals surface area (Å²) >= 11 is 0. The molecule has 0 spiro atoms. The quantitative estimate of drug-likeness (QED) is 0.891. The van der Waals surface area contributed by atoms with E-state index in [1.165, 1.54) is 0 Å². The predicted octanol–water partition coefficient (Wildman–Crippen LogP) is 1.93. The largest absolute Gasteiger partial charge is 0.328 e. The second kappa shape index (κ2) is 6.18. The van der Waals surface area contributed by atoms with Gasteiger partial charge in [-0.15, -0.1) is 0 Å². The lowest BCUT2D eigenvalue weighted by molar-refractivity contribution is 0.692. The molecule has 0 radical (unpaired) electrons. The van der Waals surface area contributed by atoms with E-state index >= 15 is 0 Å².